The number of rotatable bonds is 2. The first-order valence-corrected chi connectivity index (χ1v) is 6.10. The molecule has 1 aliphatic rings. The molecule has 2 rings (SSSR count). The number of nitrogens with two attached hydrogens (primary N) is 1. The highest BCUT2D eigenvalue weighted by Crippen LogP contribution is 2.42. The first kappa shape index (κ1) is 14.7. The average molecular weight is 301 g/mol. The number of nitrogen functional groups attached to an aromatic ring is 1. The lowest BCUT2D eigenvalue weighted by atomic mass is 9.99. The van der Waals surface area contributed by atoms with Crippen molar-refractivity contribution in [3.05, 3.63) is 16.7 Å². The zero-order valence-electron chi connectivity index (χ0n) is 10.5. The average Bonchev–Trinajstić information content (AvgIpc) is 2.63. The Morgan fingerprint density at radius 2 is 2.40 bits per heavy atom. The van der Waals surface area contributed by atoms with Crippen LogP contribution in [0, 0.1) is 11.8 Å². The number of aromatic nitrogens is 3. The monoisotopic (exact) mass is 300 g/mol. The van der Waals surface area contributed by atoms with Crippen LogP contribution >= 0.6 is 11.6 Å². The van der Waals surface area contributed by atoms with Gasteiger partial charge in [0.25, 0.3) is 0 Å². The van der Waals surface area contributed by atoms with Crippen LogP contribution in [0.3, 0.4) is 0 Å². The number of anilines is 1. The van der Waals surface area contributed by atoms with Gasteiger partial charge in [0.15, 0.2) is 11.1 Å². The third-order valence-electron chi connectivity index (χ3n) is 2.90. The van der Waals surface area contributed by atoms with Crippen LogP contribution in [0.25, 0.3) is 0 Å². The van der Waals surface area contributed by atoms with Crippen molar-refractivity contribution in [1.29, 1.82) is 0 Å². The first-order valence-electron chi connectivity index (χ1n) is 5.72. The lowest BCUT2D eigenvalue weighted by Gasteiger charge is -2.24. The van der Waals surface area contributed by atoms with E-state index < -0.39 is 35.6 Å². The first-order chi connectivity index (χ1) is 9.43. The van der Waals surface area contributed by atoms with Crippen LogP contribution in [-0.4, -0.2) is 48.7 Å². The molecule has 0 amide bonds. The minimum Gasteiger partial charge on any atom is -0.394 e. The summed E-state index contributed by atoms with van der Waals surface area (Å²) < 4.78 is 6.22. The van der Waals surface area contributed by atoms with Gasteiger partial charge in [0, 0.05) is 0 Å². The number of ether oxygens (including phenoxy) is 1. The minimum absolute atomic E-state index is 0.0507. The molecular formula is C11H13ClN4O4. The Hall–Kier alpha value is -1.66. The second-order valence-corrected chi connectivity index (χ2v) is 4.83. The van der Waals surface area contributed by atoms with Crippen molar-refractivity contribution in [2.45, 2.75) is 30.2 Å². The van der Waals surface area contributed by atoms with Gasteiger partial charge in [-0.3, -0.25) is 0 Å². The third-order valence-corrected chi connectivity index (χ3v) is 3.40. The molecule has 9 heteroatoms. The number of hydrogen-bond donors (Lipinski definition) is 3. The van der Waals surface area contributed by atoms with E-state index >= 15 is 0 Å². The molecule has 1 aromatic rings. The molecule has 4 atom stereocenters. The summed E-state index contributed by atoms with van der Waals surface area (Å²) in [5.74, 6) is 5.11. The van der Waals surface area contributed by atoms with Gasteiger partial charge in [-0.2, -0.15) is 14.8 Å². The summed E-state index contributed by atoms with van der Waals surface area (Å²) in [6.45, 7) is 1.05. The fourth-order valence-electron chi connectivity index (χ4n) is 1.98. The van der Waals surface area contributed by atoms with Crippen LogP contribution in [0.5, 0.6) is 0 Å². The maximum absolute atomic E-state index is 11.8. The normalized spacial score (nSPS) is 32.7. The van der Waals surface area contributed by atoms with Crippen molar-refractivity contribution >= 4 is 17.4 Å². The van der Waals surface area contributed by atoms with Crippen molar-refractivity contribution < 1.29 is 14.9 Å². The Morgan fingerprint density at radius 1 is 1.70 bits per heavy atom. The fourth-order valence-corrected chi connectivity index (χ4v) is 2.36. The fraction of sp³-hybridized carbons (Fsp3) is 0.545. The smallest absolute Gasteiger partial charge is 0.368 e. The number of hydrogen-bond acceptors (Lipinski definition) is 7. The Bertz CT molecular complexity index is 625. The molecular weight excluding hydrogens is 288 g/mol. The van der Waals surface area contributed by atoms with Gasteiger partial charge in [-0.15, -0.1) is 5.92 Å². The lowest BCUT2D eigenvalue weighted by molar-refractivity contribution is -0.0512. The van der Waals surface area contributed by atoms with Gasteiger partial charge in [-0.25, -0.2) is 4.79 Å². The lowest BCUT2D eigenvalue weighted by Crippen LogP contribution is -2.44. The van der Waals surface area contributed by atoms with E-state index in [0.717, 1.165) is 10.9 Å². The van der Waals surface area contributed by atoms with Crippen LogP contribution in [0.2, 0.25) is 0 Å². The van der Waals surface area contributed by atoms with Gasteiger partial charge in [-0.05, 0) is 6.92 Å². The highest BCUT2D eigenvalue weighted by molar-refractivity contribution is 6.27. The molecule has 0 aliphatic carbocycles. The van der Waals surface area contributed by atoms with Gasteiger partial charge in [-0.1, -0.05) is 17.5 Å². The van der Waals surface area contributed by atoms with Crippen molar-refractivity contribution in [3.63, 3.8) is 0 Å². The standard InChI is InChI=1S/C11H13ClN4O4/c1-2-3-11(12)8(18)6(5-17)20-9(11)16-10(19)15-7(13)4-14-16/h4,6,8-9,17-18H,5H2,1H3,(H2,13,15,19)/t6-,8?,9-,11-/m1/s1. The summed E-state index contributed by atoms with van der Waals surface area (Å²) in [7, 11) is 0. The van der Waals surface area contributed by atoms with E-state index in [9.17, 15) is 15.0 Å². The van der Waals surface area contributed by atoms with E-state index in [1.807, 2.05) is 0 Å². The molecule has 20 heavy (non-hydrogen) atoms. The Kier molecular flexibility index (Phi) is 3.96. The van der Waals surface area contributed by atoms with Gasteiger partial charge in [0.1, 0.15) is 18.0 Å². The number of alkyl halides is 1. The molecule has 0 spiro atoms. The van der Waals surface area contributed by atoms with Gasteiger partial charge in [0.2, 0.25) is 0 Å². The zero-order valence-corrected chi connectivity index (χ0v) is 11.3. The van der Waals surface area contributed by atoms with Crippen molar-refractivity contribution in [3.8, 4) is 11.8 Å². The molecule has 1 aliphatic heterocycles. The molecule has 108 valence electrons. The maximum Gasteiger partial charge on any atom is 0.368 e. The molecule has 1 aromatic heterocycles. The molecule has 8 nitrogen and oxygen atoms in total. The van der Waals surface area contributed by atoms with Crippen LogP contribution in [-0.2, 0) is 4.74 Å². The van der Waals surface area contributed by atoms with Gasteiger partial charge in [0.05, 0.1) is 12.8 Å². The van der Waals surface area contributed by atoms with E-state index in [-0.39, 0.29) is 5.82 Å². The predicted molar refractivity (Wildman–Crippen MR) is 69.7 cm³/mol. The molecule has 1 fully saturated rings. The quantitative estimate of drug-likeness (QED) is 0.447. The summed E-state index contributed by atoms with van der Waals surface area (Å²) in [6.07, 6.45) is -2.31. The Morgan fingerprint density at radius 3 is 2.95 bits per heavy atom. The SMILES string of the molecule is CC#C[C@@]1(Cl)C(O)[C@@H](CO)O[C@H]1n1ncc(N)nc1=O. The van der Waals surface area contributed by atoms with Crippen molar-refractivity contribution in [2.24, 2.45) is 0 Å². The van der Waals surface area contributed by atoms with Crippen LogP contribution < -0.4 is 11.4 Å². The van der Waals surface area contributed by atoms with Crippen LogP contribution in [0.1, 0.15) is 13.2 Å². The molecule has 0 radical (unpaired) electrons. The molecule has 1 saturated heterocycles. The summed E-state index contributed by atoms with van der Waals surface area (Å²) in [6, 6.07) is 0. The van der Waals surface area contributed by atoms with Gasteiger partial charge < -0.3 is 20.7 Å². The van der Waals surface area contributed by atoms with E-state index in [1.165, 1.54) is 6.92 Å². The Labute approximate surface area is 119 Å². The molecule has 0 bridgehead atoms. The second-order valence-electron chi connectivity index (χ2n) is 4.21. The number of halogens is 1. The van der Waals surface area contributed by atoms with E-state index in [0.29, 0.717) is 0 Å². The number of aliphatic hydroxyl groups excluding tert-OH is 2. The molecule has 0 aromatic carbocycles. The predicted octanol–water partition coefficient (Wildman–Crippen LogP) is -1.53. The summed E-state index contributed by atoms with van der Waals surface area (Å²) in [4.78, 5) is 13.7. The summed E-state index contributed by atoms with van der Waals surface area (Å²) in [5.41, 5.74) is 4.57. The van der Waals surface area contributed by atoms with E-state index in [4.69, 9.17) is 22.1 Å². The molecule has 1 unspecified atom stereocenters. The van der Waals surface area contributed by atoms with E-state index in [1.54, 1.807) is 0 Å². The summed E-state index contributed by atoms with van der Waals surface area (Å²) >= 11 is 6.29. The van der Waals surface area contributed by atoms with Crippen LogP contribution in [0.4, 0.5) is 5.82 Å². The zero-order chi connectivity index (χ0) is 14.9. The Balaban J connectivity index is 2.52. The second kappa shape index (κ2) is 5.38. The van der Waals surface area contributed by atoms with Crippen molar-refractivity contribution in [1.82, 2.24) is 14.8 Å². The maximum atomic E-state index is 11.8. The highest BCUT2D eigenvalue weighted by Gasteiger charge is 2.56. The van der Waals surface area contributed by atoms with E-state index in [2.05, 4.69) is 21.9 Å². The van der Waals surface area contributed by atoms with Gasteiger partial charge >= 0.3 is 5.69 Å². The van der Waals surface area contributed by atoms with Crippen LogP contribution in [0.15, 0.2) is 11.0 Å². The topological polar surface area (TPSA) is 123 Å². The minimum atomic E-state index is -1.61. The third kappa shape index (κ3) is 2.25. The molecule has 4 N–H and O–H groups in total. The summed E-state index contributed by atoms with van der Waals surface area (Å²) in [5, 5.41) is 23.1. The largest absolute Gasteiger partial charge is 0.394 e. The molecule has 2 heterocycles. The number of nitrogens with zero attached hydrogens (tertiary/aromatic N) is 3. The van der Waals surface area contributed by atoms with Crippen molar-refractivity contribution in [2.75, 3.05) is 12.3 Å². The molecule has 0 saturated carbocycles. The number of aliphatic hydroxyl groups is 2. The highest BCUT2D eigenvalue weighted by atomic mass is 35.5.